The first-order valence-electron chi connectivity index (χ1n) is 5.75. The number of rotatable bonds is 4. The first-order chi connectivity index (χ1) is 8.70. The van der Waals surface area contributed by atoms with Gasteiger partial charge in [0.15, 0.2) is 0 Å². The molecule has 1 atom stereocenters. The van der Waals surface area contributed by atoms with Crippen molar-refractivity contribution >= 4 is 5.97 Å². The van der Waals surface area contributed by atoms with E-state index in [0.717, 1.165) is 5.69 Å². The maximum atomic E-state index is 11.1. The fraction of sp³-hybridized carbons (Fsp3) is 0.500. The first kappa shape index (κ1) is 12.8. The fourth-order valence-electron chi connectivity index (χ4n) is 1.92. The highest BCUT2D eigenvalue weighted by Gasteiger charge is 2.29. The minimum absolute atomic E-state index is 0.222. The molecule has 2 rings (SSSR count). The molecule has 98 valence electrons. The van der Waals surface area contributed by atoms with Gasteiger partial charge in [0, 0.05) is 19.2 Å². The molecule has 1 fully saturated rings. The van der Waals surface area contributed by atoms with Gasteiger partial charge in [-0.25, -0.2) is 4.98 Å². The van der Waals surface area contributed by atoms with Crippen LogP contribution in [0.15, 0.2) is 18.2 Å². The van der Waals surface area contributed by atoms with Crippen LogP contribution in [0.5, 0.6) is 5.88 Å². The van der Waals surface area contributed by atoms with E-state index in [4.69, 9.17) is 14.6 Å². The van der Waals surface area contributed by atoms with Crippen LogP contribution < -0.4 is 4.74 Å². The van der Waals surface area contributed by atoms with E-state index < -0.39 is 12.0 Å². The standard InChI is InChI=1S/C12H16N2O4/c1-17-11-4-2-3-9(13-11)7-14-5-6-18-8-10(14)12(15)16/h2-4,10H,5-8H2,1H3,(H,15,16). The molecule has 0 amide bonds. The molecular formula is C12H16N2O4. The zero-order valence-corrected chi connectivity index (χ0v) is 10.2. The number of nitrogens with zero attached hydrogens (tertiary/aromatic N) is 2. The van der Waals surface area contributed by atoms with Gasteiger partial charge in [0.1, 0.15) is 6.04 Å². The summed E-state index contributed by atoms with van der Waals surface area (Å²) in [4.78, 5) is 17.2. The minimum atomic E-state index is -0.863. The lowest BCUT2D eigenvalue weighted by Gasteiger charge is -2.32. The summed E-state index contributed by atoms with van der Waals surface area (Å²) in [6.07, 6.45) is 0. The highest BCUT2D eigenvalue weighted by atomic mass is 16.5. The second-order valence-electron chi connectivity index (χ2n) is 4.07. The van der Waals surface area contributed by atoms with Crippen LogP contribution in [0, 0.1) is 0 Å². The van der Waals surface area contributed by atoms with E-state index in [9.17, 15) is 4.79 Å². The molecule has 0 aromatic carbocycles. The van der Waals surface area contributed by atoms with Crippen LogP contribution in [0.3, 0.4) is 0 Å². The first-order valence-corrected chi connectivity index (χ1v) is 5.75. The van der Waals surface area contributed by atoms with Crippen molar-refractivity contribution in [2.45, 2.75) is 12.6 Å². The molecular weight excluding hydrogens is 236 g/mol. The number of ether oxygens (including phenoxy) is 2. The van der Waals surface area contributed by atoms with Gasteiger partial charge >= 0.3 is 5.97 Å². The van der Waals surface area contributed by atoms with Crippen LogP contribution in [-0.2, 0) is 16.1 Å². The topological polar surface area (TPSA) is 71.9 Å². The molecule has 6 heteroatoms. The van der Waals surface area contributed by atoms with Crippen LogP contribution in [0.2, 0.25) is 0 Å². The molecule has 1 aromatic heterocycles. The van der Waals surface area contributed by atoms with Gasteiger partial charge in [-0.15, -0.1) is 0 Å². The quantitative estimate of drug-likeness (QED) is 0.835. The predicted octanol–water partition coefficient (Wildman–Crippen LogP) is 0.376. The van der Waals surface area contributed by atoms with E-state index in [0.29, 0.717) is 25.6 Å². The maximum Gasteiger partial charge on any atom is 0.323 e. The zero-order chi connectivity index (χ0) is 13.0. The van der Waals surface area contributed by atoms with Crippen molar-refractivity contribution < 1.29 is 19.4 Å². The average molecular weight is 252 g/mol. The largest absolute Gasteiger partial charge is 0.481 e. The molecule has 1 N–H and O–H groups in total. The number of aliphatic carboxylic acids is 1. The molecule has 6 nitrogen and oxygen atoms in total. The van der Waals surface area contributed by atoms with Crippen molar-refractivity contribution in [1.82, 2.24) is 9.88 Å². The molecule has 0 saturated carbocycles. The Hall–Kier alpha value is -1.66. The van der Waals surface area contributed by atoms with Gasteiger partial charge in [-0.2, -0.15) is 0 Å². The number of carbonyl (C=O) groups is 1. The third kappa shape index (κ3) is 2.96. The Morgan fingerprint density at radius 3 is 3.22 bits per heavy atom. The van der Waals surface area contributed by atoms with E-state index in [1.165, 1.54) is 0 Å². The van der Waals surface area contributed by atoms with Crippen LogP contribution >= 0.6 is 0 Å². The molecule has 18 heavy (non-hydrogen) atoms. The van der Waals surface area contributed by atoms with Gasteiger partial charge in [-0.3, -0.25) is 9.69 Å². The number of hydrogen-bond acceptors (Lipinski definition) is 5. The highest BCUT2D eigenvalue weighted by Crippen LogP contribution is 2.13. The number of aromatic nitrogens is 1. The van der Waals surface area contributed by atoms with Gasteiger partial charge < -0.3 is 14.6 Å². The number of hydrogen-bond donors (Lipinski definition) is 1. The molecule has 2 heterocycles. The highest BCUT2D eigenvalue weighted by molar-refractivity contribution is 5.73. The van der Waals surface area contributed by atoms with Gasteiger partial charge in [-0.05, 0) is 6.07 Å². The normalized spacial score (nSPS) is 20.6. The molecule has 0 spiro atoms. The van der Waals surface area contributed by atoms with Gasteiger partial charge in [0.25, 0.3) is 0 Å². The smallest absolute Gasteiger partial charge is 0.323 e. The summed E-state index contributed by atoms with van der Waals surface area (Å²) in [6.45, 7) is 1.85. The summed E-state index contributed by atoms with van der Waals surface area (Å²) in [7, 11) is 1.56. The fourth-order valence-corrected chi connectivity index (χ4v) is 1.92. The lowest BCUT2D eigenvalue weighted by atomic mass is 10.2. The monoisotopic (exact) mass is 252 g/mol. The summed E-state index contributed by atoms with van der Waals surface area (Å²) in [6, 6.07) is 4.86. The Morgan fingerprint density at radius 1 is 1.67 bits per heavy atom. The van der Waals surface area contributed by atoms with Crippen molar-refractivity contribution in [2.24, 2.45) is 0 Å². The van der Waals surface area contributed by atoms with Crippen molar-refractivity contribution in [1.29, 1.82) is 0 Å². The zero-order valence-electron chi connectivity index (χ0n) is 10.2. The number of pyridine rings is 1. The number of carboxylic acids is 1. The van der Waals surface area contributed by atoms with E-state index in [1.807, 2.05) is 17.0 Å². The third-order valence-corrected chi connectivity index (χ3v) is 2.88. The third-order valence-electron chi connectivity index (χ3n) is 2.88. The predicted molar refractivity (Wildman–Crippen MR) is 63.4 cm³/mol. The molecule has 1 aliphatic rings. The van der Waals surface area contributed by atoms with E-state index in [-0.39, 0.29) is 6.61 Å². The summed E-state index contributed by atoms with van der Waals surface area (Å²) >= 11 is 0. The van der Waals surface area contributed by atoms with Crippen molar-refractivity contribution in [3.63, 3.8) is 0 Å². The second-order valence-corrected chi connectivity index (χ2v) is 4.07. The lowest BCUT2D eigenvalue weighted by Crippen LogP contribution is -2.49. The maximum absolute atomic E-state index is 11.1. The van der Waals surface area contributed by atoms with E-state index >= 15 is 0 Å². The Morgan fingerprint density at radius 2 is 2.50 bits per heavy atom. The van der Waals surface area contributed by atoms with Crippen LogP contribution in [0.1, 0.15) is 5.69 Å². The van der Waals surface area contributed by atoms with Gasteiger partial charge in [0.05, 0.1) is 26.0 Å². The van der Waals surface area contributed by atoms with Gasteiger partial charge in [0.2, 0.25) is 5.88 Å². The Kier molecular flexibility index (Phi) is 4.11. The summed E-state index contributed by atoms with van der Waals surface area (Å²) in [5.41, 5.74) is 0.794. The van der Waals surface area contributed by atoms with Crippen LogP contribution in [-0.4, -0.2) is 53.9 Å². The lowest BCUT2D eigenvalue weighted by molar-refractivity contribution is -0.150. The van der Waals surface area contributed by atoms with Gasteiger partial charge in [-0.1, -0.05) is 6.07 Å². The van der Waals surface area contributed by atoms with E-state index in [2.05, 4.69) is 4.98 Å². The SMILES string of the molecule is COc1cccc(CN2CCOCC2C(=O)O)n1. The van der Waals surface area contributed by atoms with Crippen molar-refractivity contribution in [2.75, 3.05) is 26.9 Å². The number of carboxylic acid groups (broad SMARTS) is 1. The number of methoxy groups -OCH3 is 1. The Bertz CT molecular complexity index is 424. The van der Waals surface area contributed by atoms with Crippen LogP contribution in [0.25, 0.3) is 0 Å². The molecule has 1 aromatic rings. The van der Waals surface area contributed by atoms with Crippen molar-refractivity contribution in [3.8, 4) is 5.88 Å². The molecule has 0 bridgehead atoms. The number of morpholine rings is 1. The van der Waals surface area contributed by atoms with E-state index in [1.54, 1.807) is 13.2 Å². The summed E-state index contributed by atoms with van der Waals surface area (Å²) < 4.78 is 10.2. The van der Waals surface area contributed by atoms with Crippen molar-refractivity contribution in [3.05, 3.63) is 23.9 Å². The molecule has 1 aliphatic heterocycles. The summed E-state index contributed by atoms with van der Waals surface area (Å²) in [5, 5.41) is 9.12. The minimum Gasteiger partial charge on any atom is -0.481 e. The molecule has 0 aliphatic carbocycles. The molecule has 0 radical (unpaired) electrons. The Balaban J connectivity index is 2.08. The Labute approximate surface area is 105 Å². The molecule has 1 unspecified atom stereocenters. The second kappa shape index (κ2) is 5.79. The summed E-state index contributed by atoms with van der Waals surface area (Å²) in [5.74, 6) is -0.328. The molecule has 1 saturated heterocycles. The van der Waals surface area contributed by atoms with Crippen LogP contribution in [0.4, 0.5) is 0 Å². The average Bonchev–Trinajstić information content (AvgIpc) is 2.39.